The van der Waals surface area contributed by atoms with Crippen molar-refractivity contribution in [3.8, 4) is 0 Å². The van der Waals surface area contributed by atoms with Crippen LogP contribution >= 0.6 is 0 Å². The maximum Gasteiger partial charge on any atom is 0.330 e. The standard InChI is InChI=1S/C20H27FN4O3/c1-4-5-9-24(16(26)11-14-7-6-8-15(21)10-14)17-18(22)25(12-13(2)3)20(28)23-19(17)27/h6-8,10,13H,4-5,9,11-12,22H2,1-3H3,(H,23,27,28). The summed E-state index contributed by atoms with van der Waals surface area (Å²) >= 11 is 0. The number of carbonyl (C=O) groups is 1. The molecular formula is C20H27FN4O3. The fourth-order valence-corrected chi connectivity index (χ4v) is 2.98. The lowest BCUT2D eigenvalue weighted by atomic mass is 10.1. The van der Waals surface area contributed by atoms with Gasteiger partial charge in [-0.25, -0.2) is 9.18 Å². The summed E-state index contributed by atoms with van der Waals surface area (Å²) in [6.45, 7) is 6.38. The minimum atomic E-state index is -0.703. The molecular weight excluding hydrogens is 363 g/mol. The summed E-state index contributed by atoms with van der Waals surface area (Å²) in [6.07, 6.45) is 1.37. The number of unbranched alkanes of at least 4 members (excludes halogenated alkanes) is 1. The van der Waals surface area contributed by atoms with Crippen LogP contribution in [0.4, 0.5) is 15.9 Å². The number of benzene rings is 1. The van der Waals surface area contributed by atoms with Crippen molar-refractivity contribution in [2.45, 2.75) is 46.6 Å². The first-order valence-electron chi connectivity index (χ1n) is 9.42. The van der Waals surface area contributed by atoms with E-state index in [0.29, 0.717) is 18.5 Å². The molecule has 0 radical (unpaired) electrons. The first-order valence-corrected chi connectivity index (χ1v) is 9.42. The number of halogens is 1. The molecule has 3 N–H and O–H groups in total. The predicted octanol–water partition coefficient (Wildman–Crippen LogP) is 2.29. The Kier molecular flexibility index (Phi) is 7.14. The second-order valence-corrected chi connectivity index (χ2v) is 7.20. The molecule has 1 aromatic heterocycles. The number of nitrogens with two attached hydrogens (primary N) is 1. The molecule has 2 rings (SSSR count). The molecule has 1 heterocycles. The molecule has 0 aliphatic carbocycles. The van der Waals surface area contributed by atoms with E-state index in [4.69, 9.17) is 5.73 Å². The van der Waals surface area contributed by atoms with Gasteiger partial charge in [0.2, 0.25) is 5.91 Å². The van der Waals surface area contributed by atoms with Crippen LogP contribution in [0.1, 0.15) is 39.2 Å². The molecule has 1 aromatic carbocycles. The Morgan fingerprint density at radius 2 is 2.04 bits per heavy atom. The van der Waals surface area contributed by atoms with E-state index in [2.05, 4.69) is 4.98 Å². The second kappa shape index (κ2) is 9.34. The molecule has 0 saturated carbocycles. The van der Waals surface area contributed by atoms with Gasteiger partial charge in [0.05, 0.1) is 6.42 Å². The fraction of sp³-hybridized carbons (Fsp3) is 0.450. The van der Waals surface area contributed by atoms with Crippen LogP contribution in [0.2, 0.25) is 0 Å². The van der Waals surface area contributed by atoms with Gasteiger partial charge in [-0.15, -0.1) is 0 Å². The van der Waals surface area contributed by atoms with E-state index < -0.39 is 17.1 Å². The monoisotopic (exact) mass is 390 g/mol. The number of rotatable bonds is 8. The third kappa shape index (κ3) is 5.09. The van der Waals surface area contributed by atoms with Crippen LogP contribution in [0, 0.1) is 11.7 Å². The Balaban J connectivity index is 2.48. The van der Waals surface area contributed by atoms with E-state index in [9.17, 15) is 18.8 Å². The lowest BCUT2D eigenvalue weighted by Gasteiger charge is -2.25. The van der Waals surface area contributed by atoms with Crippen molar-refractivity contribution in [3.63, 3.8) is 0 Å². The van der Waals surface area contributed by atoms with Crippen molar-refractivity contribution in [1.29, 1.82) is 0 Å². The van der Waals surface area contributed by atoms with E-state index in [1.165, 1.54) is 27.7 Å². The zero-order chi connectivity index (χ0) is 20.8. The molecule has 0 spiro atoms. The van der Waals surface area contributed by atoms with Crippen LogP contribution in [0.25, 0.3) is 0 Å². The highest BCUT2D eigenvalue weighted by molar-refractivity contribution is 5.96. The molecule has 0 aliphatic heterocycles. The molecule has 2 aromatic rings. The second-order valence-electron chi connectivity index (χ2n) is 7.20. The normalized spacial score (nSPS) is 11.0. The molecule has 0 unspecified atom stereocenters. The van der Waals surface area contributed by atoms with Crippen LogP contribution < -0.4 is 21.9 Å². The molecule has 0 fully saturated rings. The minimum Gasteiger partial charge on any atom is -0.383 e. The quantitative estimate of drug-likeness (QED) is 0.722. The topological polar surface area (TPSA) is 101 Å². The zero-order valence-electron chi connectivity index (χ0n) is 16.5. The summed E-state index contributed by atoms with van der Waals surface area (Å²) in [5, 5.41) is 0. The number of H-pyrrole nitrogens is 1. The SMILES string of the molecule is CCCCN(C(=O)Cc1cccc(F)c1)c1c(N)n(CC(C)C)c(=O)[nH]c1=O. The average Bonchev–Trinajstić information content (AvgIpc) is 2.61. The molecule has 0 aliphatic rings. The van der Waals surface area contributed by atoms with Crippen molar-refractivity contribution >= 4 is 17.4 Å². The van der Waals surface area contributed by atoms with Crippen molar-refractivity contribution in [3.05, 3.63) is 56.5 Å². The lowest BCUT2D eigenvalue weighted by molar-refractivity contribution is -0.118. The largest absolute Gasteiger partial charge is 0.383 e. The number of amides is 1. The highest BCUT2D eigenvalue weighted by Crippen LogP contribution is 2.20. The molecule has 8 heteroatoms. The molecule has 28 heavy (non-hydrogen) atoms. The fourth-order valence-electron chi connectivity index (χ4n) is 2.98. The Hall–Kier alpha value is -2.90. The number of hydrogen-bond donors (Lipinski definition) is 2. The number of nitrogens with zero attached hydrogens (tertiary/aromatic N) is 2. The van der Waals surface area contributed by atoms with Gasteiger partial charge >= 0.3 is 5.69 Å². The molecule has 0 bridgehead atoms. The maximum absolute atomic E-state index is 13.5. The van der Waals surface area contributed by atoms with E-state index in [1.807, 2.05) is 20.8 Å². The van der Waals surface area contributed by atoms with Crippen molar-refractivity contribution in [2.24, 2.45) is 5.92 Å². The Bertz CT molecular complexity index is 949. The van der Waals surface area contributed by atoms with Crippen molar-refractivity contribution < 1.29 is 9.18 Å². The number of anilines is 2. The number of hydrogen-bond acceptors (Lipinski definition) is 4. The van der Waals surface area contributed by atoms with E-state index >= 15 is 0 Å². The van der Waals surface area contributed by atoms with Gasteiger partial charge in [0, 0.05) is 13.1 Å². The number of aromatic amines is 1. The Labute approximate surface area is 163 Å². The Morgan fingerprint density at radius 1 is 1.32 bits per heavy atom. The summed E-state index contributed by atoms with van der Waals surface area (Å²) in [4.78, 5) is 41.2. The first kappa shape index (κ1) is 21.4. The molecule has 152 valence electrons. The van der Waals surface area contributed by atoms with Crippen LogP contribution in [0.15, 0.2) is 33.9 Å². The highest BCUT2D eigenvalue weighted by Gasteiger charge is 2.24. The lowest BCUT2D eigenvalue weighted by Crippen LogP contribution is -2.42. The summed E-state index contributed by atoms with van der Waals surface area (Å²) in [5.74, 6) is -0.740. The number of nitrogen functional groups attached to an aromatic ring is 1. The average molecular weight is 390 g/mol. The third-order valence-electron chi connectivity index (χ3n) is 4.31. The molecule has 1 amide bonds. The van der Waals surface area contributed by atoms with Gasteiger partial charge in [0.25, 0.3) is 5.56 Å². The van der Waals surface area contributed by atoms with Crippen LogP contribution in [-0.2, 0) is 17.8 Å². The van der Waals surface area contributed by atoms with E-state index in [1.54, 1.807) is 6.07 Å². The van der Waals surface area contributed by atoms with Crippen molar-refractivity contribution in [1.82, 2.24) is 9.55 Å². The maximum atomic E-state index is 13.5. The summed E-state index contributed by atoms with van der Waals surface area (Å²) in [5.41, 5.74) is 5.31. The molecule has 0 atom stereocenters. The van der Waals surface area contributed by atoms with E-state index in [-0.39, 0.29) is 36.3 Å². The van der Waals surface area contributed by atoms with Gasteiger partial charge in [-0.2, -0.15) is 0 Å². The van der Waals surface area contributed by atoms with Gasteiger partial charge < -0.3 is 10.6 Å². The summed E-state index contributed by atoms with van der Waals surface area (Å²) in [7, 11) is 0. The Morgan fingerprint density at radius 3 is 2.64 bits per heavy atom. The van der Waals surface area contributed by atoms with Crippen molar-refractivity contribution in [2.75, 3.05) is 17.2 Å². The van der Waals surface area contributed by atoms with Gasteiger partial charge in [-0.1, -0.05) is 39.3 Å². The van der Waals surface area contributed by atoms with Gasteiger partial charge in [0.15, 0.2) is 5.69 Å². The summed E-state index contributed by atoms with van der Waals surface area (Å²) in [6, 6.07) is 5.75. The predicted molar refractivity (Wildman–Crippen MR) is 108 cm³/mol. The number of nitrogens with one attached hydrogen (secondary N) is 1. The molecule has 7 nitrogen and oxygen atoms in total. The van der Waals surface area contributed by atoms with Crippen LogP contribution in [-0.4, -0.2) is 22.0 Å². The van der Waals surface area contributed by atoms with Crippen LogP contribution in [0.3, 0.4) is 0 Å². The van der Waals surface area contributed by atoms with Gasteiger partial charge in [-0.3, -0.25) is 19.1 Å². The summed E-state index contributed by atoms with van der Waals surface area (Å²) < 4.78 is 14.7. The number of carbonyl (C=O) groups excluding carboxylic acids is 1. The highest BCUT2D eigenvalue weighted by atomic mass is 19.1. The zero-order valence-corrected chi connectivity index (χ0v) is 16.5. The van der Waals surface area contributed by atoms with Gasteiger partial charge in [-0.05, 0) is 30.0 Å². The molecule has 0 saturated heterocycles. The van der Waals surface area contributed by atoms with Crippen LogP contribution in [0.5, 0.6) is 0 Å². The van der Waals surface area contributed by atoms with E-state index in [0.717, 1.165) is 6.42 Å². The smallest absolute Gasteiger partial charge is 0.330 e. The number of aromatic nitrogens is 2. The first-order chi connectivity index (χ1) is 13.2. The van der Waals surface area contributed by atoms with Gasteiger partial charge in [0.1, 0.15) is 11.6 Å². The minimum absolute atomic E-state index is 0.0323. The third-order valence-corrected chi connectivity index (χ3v) is 4.31.